The van der Waals surface area contributed by atoms with Gasteiger partial charge in [0.2, 0.25) is 5.91 Å². The summed E-state index contributed by atoms with van der Waals surface area (Å²) in [7, 11) is 0. The zero-order chi connectivity index (χ0) is 14.7. The smallest absolute Gasteiger partial charge is 0.224 e. The molecule has 1 aromatic rings. The van der Waals surface area contributed by atoms with Gasteiger partial charge in [-0.05, 0) is 49.9 Å². The summed E-state index contributed by atoms with van der Waals surface area (Å²) in [5.41, 5.74) is 1.43. The van der Waals surface area contributed by atoms with E-state index in [1.807, 2.05) is 13.0 Å². The first-order valence-corrected chi connectivity index (χ1v) is 7.24. The van der Waals surface area contributed by atoms with E-state index in [-0.39, 0.29) is 23.7 Å². The van der Waals surface area contributed by atoms with Gasteiger partial charge < -0.3 is 10.6 Å². The molecule has 0 spiro atoms. The van der Waals surface area contributed by atoms with Crippen LogP contribution in [0.3, 0.4) is 0 Å². The average molecular weight is 278 g/mol. The van der Waals surface area contributed by atoms with Crippen LogP contribution in [-0.4, -0.2) is 19.0 Å². The van der Waals surface area contributed by atoms with Gasteiger partial charge in [0.15, 0.2) is 0 Å². The predicted octanol–water partition coefficient (Wildman–Crippen LogP) is 2.56. The quantitative estimate of drug-likeness (QED) is 0.892. The first-order chi connectivity index (χ1) is 9.47. The number of halogens is 1. The highest BCUT2D eigenvalue weighted by Gasteiger charge is 2.25. The molecule has 4 heteroatoms. The van der Waals surface area contributed by atoms with Crippen LogP contribution in [0.1, 0.15) is 37.4 Å². The summed E-state index contributed by atoms with van der Waals surface area (Å²) in [4.78, 5) is 12.2. The third-order valence-electron chi connectivity index (χ3n) is 4.00. The predicted molar refractivity (Wildman–Crippen MR) is 77.8 cm³/mol. The van der Waals surface area contributed by atoms with Crippen molar-refractivity contribution >= 4 is 5.91 Å². The Morgan fingerprint density at radius 1 is 1.45 bits per heavy atom. The van der Waals surface area contributed by atoms with Crippen LogP contribution in [0, 0.1) is 24.6 Å². The van der Waals surface area contributed by atoms with Crippen LogP contribution in [0.4, 0.5) is 4.39 Å². The van der Waals surface area contributed by atoms with Crippen molar-refractivity contribution in [1.82, 2.24) is 10.6 Å². The summed E-state index contributed by atoms with van der Waals surface area (Å²) in [5.74, 6) is 0.359. The van der Waals surface area contributed by atoms with Gasteiger partial charge >= 0.3 is 0 Å². The first-order valence-electron chi connectivity index (χ1n) is 7.24. The minimum absolute atomic E-state index is 0.0106. The molecule has 0 radical (unpaired) electrons. The topological polar surface area (TPSA) is 41.1 Å². The first kappa shape index (κ1) is 15.0. The minimum Gasteiger partial charge on any atom is -0.349 e. The SMILES string of the molecule is Cc1ccc(C(C)NC(=O)C2CNCC(C)C2)cc1F. The molecule has 0 aliphatic carbocycles. The number of aryl methyl sites for hydroxylation is 1. The Bertz CT molecular complexity index is 489. The summed E-state index contributed by atoms with van der Waals surface area (Å²) in [6.07, 6.45) is 0.911. The van der Waals surface area contributed by atoms with E-state index in [9.17, 15) is 9.18 Å². The Hall–Kier alpha value is -1.42. The van der Waals surface area contributed by atoms with Crippen molar-refractivity contribution in [1.29, 1.82) is 0 Å². The molecule has 1 heterocycles. The van der Waals surface area contributed by atoms with Gasteiger partial charge in [-0.2, -0.15) is 0 Å². The lowest BCUT2D eigenvalue weighted by Gasteiger charge is -2.28. The van der Waals surface area contributed by atoms with Crippen molar-refractivity contribution in [3.8, 4) is 0 Å². The molecule has 1 aliphatic rings. The van der Waals surface area contributed by atoms with Crippen LogP contribution in [-0.2, 0) is 4.79 Å². The lowest BCUT2D eigenvalue weighted by Crippen LogP contribution is -2.44. The van der Waals surface area contributed by atoms with E-state index in [4.69, 9.17) is 0 Å². The molecule has 1 aliphatic heterocycles. The Balaban J connectivity index is 1.97. The minimum atomic E-state index is -0.225. The molecule has 3 atom stereocenters. The molecule has 2 rings (SSSR count). The van der Waals surface area contributed by atoms with E-state index in [0.717, 1.165) is 25.1 Å². The second-order valence-electron chi connectivity index (χ2n) is 5.93. The largest absolute Gasteiger partial charge is 0.349 e. The maximum absolute atomic E-state index is 13.6. The molecule has 0 aromatic heterocycles. The van der Waals surface area contributed by atoms with Crippen LogP contribution < -0.4 is 10.6 Å². The second-order valence-corrected chi connectivity index (χ2v) is 5.93. The highest BCUT2D eigenvalue weighted by atomic mass is 19.1. The van der Waals surface area contributed by atoms with Gasteiger partial charge in [0, 0.05) is 6.54 Å². The maximum atomic E-state index is 13.6. The number of carbonyl (C=O) groups is 1. The molecule has 0 bridgehead atoms. The molecule has 0 saturated carbocycles. The summed E-state index contributed by atoms with van der Waals surface area (Å²) in [6, 6.07) is 4.94. The Labute approximate surface area is 120 Å². The molecular weight excluding hydrogens is 255 g/mol. The van der Waals surface area contributed by atoms with E-state index in [2.05, 4.69) is 17.6 Å². The molecular formula is C16H23FN2O. The van der Waals surface area contributed by atoms with Crippen molar-refractivity contribution in [3.63, 3.8) is 0 Å². The van der Waals surface area contributed by atoms with E-state index in [0.29, 0.717) is 11.5 Å². The van der Waals surface area contributed by atoms with Crippen molar-refractivity contribution in [2.24, 2.45) is 11.8 Å². The molecule has 1 amide bonds. The van der Waals surface area contributed by atoms with Crippen molar-refractivity contribution in [2.75, 3.05) is 13.1 Å². The monoisotopic (exact) mass is 278 g/mol. The fourth-order valence-corrected chi connectivity index (χ4v) is 2.65. The standard InChI is InChI=1S/C16H23FN2O/c1-10-6-14(9-18-8-10)16(20)19-12(3)13-5-4-11(2)15(17)7-13/h4-5,7,10,12,14,18H,6,8-9H2,1-3H3,(H,19,20). The molecule has 110 valence electrons. The van der Waals surface area contributed by atoms with Gasteiger partial charge in [-0.3, -0.25) is 4.79 Å². The fraction of sp³-hybridized carbons (Fsp3) is 0.562. The Kier molecular flexibility index (Phi) is 4.76. The summed E-state index contributed by atoms with van der Waals surface area (Å²) >= 11 is 0. The van der Waals surface area contributed by atoms with Gasteiger partial charge in [0.05, 0.1) is 12.0 Å². The fourth-order valence-electron chi connectivity index (χ4n) is 2.65. The highest BCUT2D eigenvalue weighted by molar-refractivity contribution is 5.79. The number of hydrogen-bond donors (Lipinski definition) is 2. The summed E-state index contributed by atoms with van der Waals surface area (Å²) in [5, 5.41) is 6.26. The molecule has 1 aromatic carbocycles. The summed E-state index contributed by atoms with van der Waals surface area (Å²) < 4.78 is 13.6. The number of piperidine rings is 1. The summed E-state index contributed by atoms with van der Waals surface area (Å²) in [6.45, 7) is 7.47. The van der Waals surface area contributed by atoms with Crippen molar-refractivity contribution in [2.45, 2.75) is 33.2 Å². The van der Waals surface area contributed by atoms with Crippen LogP contribution in [0.25, 0.3) is 0 Å². The lowest BCUT2D eigenvalue weighted by molar-refractivity contribution is -0.126. The van der Waals surface area contributed by atoms with Crippen LogP contribution in [0.2, 0.25) is 0 Å². The van der Waals surface area contributed by atoms with Gasteiger partial charge in [-0.15, -0.1) is 0 Å². The third kappa shape index (κ3) is 3.57. The Morgan fingerprint density at radius 2 is 2.20 bits per heavy atom. The number of nitrogens with one attached hydrogen (secondary N) is 2. The van der Waals surface area contributed by atoms with E-state index in [1.165, 1.54) is 6.07 Å². The van der Waals surface area contributed by atoms with Gasteiger partial charge in [-0.1, -0.05) is 19.1 Å². The third-order valence-corrected chi connectivity index (χ3v) is 4.00. The van der Waals surface area contributed by atoms with E-state index in [1.54, 1.807) is 13.0 Å². The van der Waals surface area contributed by atoms with E-state index < -0.39 is 0 Å². The average Bonchev–Trinajstić information content (AvgIpc) is 2.41. The highest BCUT2D eigenvalue weighted by Crippen LogP contribution is 2.19. The zero-order valence-electron chi connectivity index (χ0n) is 12.4. The molecule has 2 N–H and O–H groups in total. The van der Waals surface area contributed by atoms with Crippen molar-refractivity contribution in [3.05, 3.63) is 35.1 Å². The Morgan fingerprint density at radius 3 is 2.85 bits per heavy atom. The molecule has 3 unspecified atom stereocenters. The van der Waals surface area contributed by atoms with E-state index >= 15 is 0 Å². The number of amides is 1. The molecule has 3 nitrogen and oxygen atoms in total. The maximum Gasteiger partial charge on any atom is 0.224 e. The normalized spacial score (nSPS) is 24.2. The van der Waals surface area contributed by atoms with Gasteiger partial charge in [-0.25, -0.2) is 4.39 Å². The molecule has 20 heavy (non-hydrogen) atoms. The second kappa shape index (κ2) is 6.35. The van der Waals surface area contributed by atoms with Gasteiger partial charge in [0.1, 0.15) is 5.82 Å². The van der Waals surface area contributed by atoms with Gasteiger partial charge in [0.25, 0.3) is 0 Å². The number of carbonyl (C=O) groups excluding carboxylic acids is 1. The molecule has 1 saturated heterocycles. The zero-order valence-corrected chi connectivity index (χ0v) is 12.4. The number of hydrogen-bond acceptors (Lipinski definition) is 2. The van der Waals surface area contributed by atoms with Crippen molar-refractivity contribution < 1.29 is 9.18 Å². The number of benzene rings is 1. The van der Waals surface area contributed by atoms with Crippen LogP contribution in [0.15, 0.2) is 18.2 Å². The van der Waals surface area contributed by atoms with Crippen LogP contribution in [0.5, 0.6) is 0 Å². The van der Waals surface area contributed by atoms with Crippen LogP contribution >= 0.6 is 0 Å². The lowest BCUT2D eigenvalue weighted by atomic mass is 9.91. The number of rotatable bonds is 3. The molecule has 1 fully saturated rings.